The standard InChI is InChI=1S/C25H22ClN3O2/c26-20-10-6-9-19(17-20)24-27-22-12-5-4-11-21(22)25(28-24)29(16-14-23(30)31)15-13-18-7-2-1-3-8-18/h1-12,17H,13-16H2,(H,30,31). The van der Waals surface area contributed by atoms with Crippen LogP contribution in [0.2, 0.25) is 5.02 Å². The number of carbonyl (C=O) groups is 1. The van der Waals surface area contributed by atoms with Gasteiger partial charge in [-0.2, -0.15) is 0 Å². The van der Waals surface area contributed by atoms with Crippen molar-refractivity contribution < 1.29 is 9.90 Å². The second kappa shape index (κ2) is 9.58. The smallest absolute Gasteiger partial charge is 0.305 e. The molecule has 156 valence electrons. The van der Waals surface area contributed by atoms with E-state index in [1.165, 1.54) is 5.56 Å². The lowest BCUT2D eigenvalue weighted by Crippen LogP contribution is -2.29. The number of carboxylic acids is 1. The van der Waals surface area contributed by atoms with Gasteiger partial charge in [0.25, 0.3) is 0 Å². The number of rotatable bonds is 8. The van der Waals surface area contributed by atoms with Crippen molar-refractivity contribution in [2.75, 3.05) is 18.0 Å². The minimum absolute atomic E-state index is 0.0274. The summed E-state index contributed by atoms with van der Waals surface area (Å²) in [7, 11) is 0. The molecule has 0 amide bonds. The number of halogens is 1. The second-order valence-electron chi connectivity index (χ2n) is 7.26. The molecule has 31 heavy (non-hydrogen) atoms. The molecule has 6 heteroatoms. The van der Waals surface area contributed by atoms with Gasteiger partial charge in [-0.05, 0) is 36.2 Å². The number of para-hydroxylation sites is 1. The lowest BCUT2D eigenvalue weighted by Gasteiger charge is -2.25. The van der Waals surface area contributed by atoms with Gasteiger partial charge in [-0.15, -0.1) is 0 Å². The van der Waals surface area contributed by atoms with Gasteiger partial charge in [0.05, 0.1) is 11.9 Å². The fraction of sp³-hybridized carbons (Fsp3) is 0.160. The van der Waals surface area contributed by atoms with Gasteiger partial charge >= 0.3 is 5.97 Å². The molecule has 0 aliphatic rings. The lowest BCUT2D eigenvalue weighted by molar-refractivity contribution is -0.136. The zero-order chi connectivity index (χ0) is 21.6. The molecule has 1 heterocycles. The first-order valence-electron chi connectivity index (χ1n) is 10.1. The molecular formula is C25H22ClN3O2. The van der Waals surface area contributed by atoms with Crippen molar-refractivity contribution in [3.05, 3.63) is 89.4 Å². The summed E-state index contributed by atoms with van der Waals surface area (Å²) in [6.07, 6.45) is 0.810. The molecule has 0 saturated carbocycles. The van der Waals surface area contributed by atoms with E-state index in [1.807, 2.05) is 71.6 Å². The van der Waals surface area contributed by atoms with Crippen molar-refractivity contribution in [3.8, 4) is 11.4 Å². The third-order valence-electron chi connectivity index (χ3n) is 5.07. The van der Waals surface area contributed by atoms with Crippen LogP contribution in [0, 0.1) is 0 Å². The molecular weight excluding hydrogens is 410 g/mol. The molecule has 1 N–H and O–H groups in total. The van der Waals surface area contributed by atoms with Gasteiger partial charge in [0, 0.05) is 29.1 Å². The Morgan fingerprint density at radius 3 is 2.45 bits per heavy atom. The highest BCUT2D eigenvalue weighted by Crippen LogP contribution is 2.29. The van der Waals surface area contributed by atoms with Crippen molar-refractivity contribution >= 4 is 34.3 Å². The summed E-state index contributed by atoms with van der Waals surface area (Å²) in [5.41, 5.74) is 2.82. The minimum atomic E-state index is -0.835. The SMILES string of the molecule is O=C(O)CCN(CCc1ccccc1)c1nc(-c2cccc(Cl)c2)nc2ccccc12. The number of carboxylic acid groups (broad SMARTS) is 1. The molecule has 0 atom stereocenters. The van der Waals surface area contributed by atoms with Crippen LogP contribution in [0.1, 0.15) is 12.0 Å². The first-order valence-corrected chi connectivity index (χ1v) is 10.5. The molecule has 0 saturated heterocycles. The Labute approximate surface area is 186 Å². The minimum Gasteiger partial charge on any atom is -0.481 e. The van der Waals surface area contributed by atoms with Gasteiger partial charge in [-0.3, -0.25) is 4.79 Å². The predicted molar refractivity (Wildman–Crippen MR) is 125 cm³/mol. The number of fused-ring (bicyclic) bond motifs is 1. The summed E-state index contributed by atoms with van der Waals surface area (Å²) < 4.78 is 0. The van der Waals surface area contributed by atoms with Crippen LogP contribution in [-0.2, 0) is 11.2 Å². The topological polar surface area (TPSA) is 66.3 Å². The van der Waals surface area contributed by atoms with Crippen molar-refractivity contribution in [1.82, 2.24) is 9.97 Å². The maximum Gasteiger partial charge on any atom is 0.305 e. The molecule has 3 aromatic carbocycles. The molecule has 0 bridgehead atoms. The number of anilines is 1. The summed E-state index contributed by atoms with van der Waals surface area (Å²) in [5.74, 6) is 0.465. The number of nitrogens with zero attached hydrogens (tertiary/aromatic N) is 3. The monoisotopic (exact) mass is 431 g/mol. The lowest BCUT2D eigenvalue weighted by atomic mass is 10.1. The first-order chi connectivity index (χ1) is 15.1. The molecule has 0 spiro atoms. The van der Waals surface area contributed by atoms with Crippen LogP contribution in [0.5, 0.6) is 0 Å². The fourth-order valence-corrected chi connectivity index (χ4v) is 3.71. The Kier molecular flexibility index (Phi) is 6.43. The number of aliphatic carboxylic acids is 1. The van der Waals surface area contributed by atoms with Gasteiger partial charge < -0.3 is 10.0 Å². The van der Waals surface area contributed by atoms with E-state index < -0.39 is 5.97 Å². The third kappa shape index (κ3) is 5.19. The zero-order valence-electron chi connectivity index (χ0n) is 16.9. The zero-order valence-corrected chi connectivity index (χ0v) is 17.7. The average molecular weight is 432 g/mol. The molecule has 4 aromatic rings. The summed E-state index contributed by atoms with van der Waals surface area (Å²) in [6.45, 7) is 1.01. The maximum absolute atomic E-state index is 11.3. The van der Waals surface area contributed by atoms with E-state index >= 15 is 0 Å². The maximum atomic E-state index is 11.3. The van der Waals surface area contributed by atoms with Gasteiger partial charge in [-0.25, -0.2) is 9.97 Å². The summed E-state index contributed by atoms with van der Waals surface area (Å²) >= 11 is 6.19. The van der Waals surface area contributed by atoms with Crippen LogP contribution >= 0.6 is 11.6 Å². The summed E-state index contributed by atoms with van der Waals surface area (Å²) in [6, 6.07) is 25.4. The van der Waals surface area contributed by atoms with Gasteiger partial charge in [-0.1, -0.05) is 66.2 Å². The highest BCUT2D eigenvalue weighted by atomic mass is 35.5. The third-order valence-corrected chi connectivity index (χ3v) is 5.31. The summed E-state index contributed by atoms with van der Waals surface area (Å²) in [4.78, 5) is 23.0. The van der Waals surface area contributed by atoms with Crippen LogP contribution in [-0.4, -0.2) is 34.1 Å². The molecule has 0 unspecified atom stereocenters. The van der Waals surface area contributed by atoms with E-state index in [4.69, 9.17) is 21.6 Å². The molecule has 4 rings (SSSR count). The van der Waals surface area contributed by atoms with Gasteiger partial charge in [0.2, 0.25) is 0 Å². The number of aromatic nitrogens is 2. The van der Waals surface area contributed by atoms with E-state index in [2.05, 4.69) is 12.1 Å². The first kappa shape index (κ1) is 20.8. The van der Waals surface area contributed by atoms with E-state index in [-0.39, 0.29) is 6.42 Å². The predicted octanol–water partition coefficient (Wildman–Crippen LogP) is 5.47. The highest BCUT2D eigenvalue weighted by Gasteiger charge is 2.17. The van der Waals surface area contributed by atoms with Crippen molar-refractivity contribution in [1.29, 1.82) is 0 Å². The fourth-order valence-electron chi connectivity index (χ4n) is 3.52. The van der Waals surface area contributed by atoms with Crippen molar-refractivity contribution in [2.45, 2.75) is 12.8 Å². The Balaban J connectivity index is 1.77. The van der Waals surface area contributed by atoms with Crippen molar-refractivity contribution in [3.63, 3.8) is 0 Å². The van der Waals surface area contributed by atoms with E-state index in [1.54, 1.807) is 0 Å². The van der Waals surface area contributed by atoms with Gasteiger partial charge in [0.1, 0.15) is 5.82 Å². The largest absolute Gasteiger partial charge is 0.481 e. The molecule has 0 aliphatic carbocycles. The normalized spacial score (nSPS) is 10.9. The van der Waals surface area contributed by atoms with Crippen molar-refractivity contribution in [2.24, 2.45) is 0 Å². The molecule has 0 radical (unpaired) electrons. The van der Waals surface area contributed by atoms with E-state index in [9.17, 15) is 9.90 Å². The summed E-state index contributed by atoms with van der Waals surface area (Å²) in [5, 5.41) is 10.8. The van der Waals surface area contributed by atoms with Crippen LogP contribution < -0.4 is 4.90 Å². The average Bonchev–Trinajstić information content (AvgIpc) is 2.79. The van der Waals surface area contributed by atoms with Crippen LogP contribution in [0.4, 0.5) is 5.82 Å². The van der Waals surface area contributed by atoms with Gasteiger partial charge in [0.15, 0.2) is 5.82 Å². The Morgan fingerprint density at radius 2 is 1.68 bits per heavy atom. The Hall–Kier alpha value is -3.44. The highest BCUT2D eigenvalue weighted by molar-refractivity contribution is 6.30. The van der Waals surface area contributed by atoms with E-state index in [0.717, 1.165) is 28.7 Å². The number of hydrogen-bond acceptors (Lipinski definition) is 4. The number of benzene rings is 3. The second-order valence-corrected chi connectivity index (χ2v) is 7.70. The molecule has 0 aliphatic heterocycles. The Bertz CT molecular complexity index is 1200. The molecule has 1 aromatic heterocycles. The van der Waals surface area contributed by atoms with Crippen LogP contribution in [0.15, 0.2) is 78.9 Å². The Morgan fingerprint density at radius 1 is 0.903 bits per heavy atom. The van der Waals surface area contributed by atoms with Crippen LogP contribution in [0.3, 0.4) is 0 Å². The van der Waals surface area contributed by atoms with E-state index in [0.29, 0.717) is 23.9 Å². The molecule has 0 fully saturated rings. The quantitative estimate of drug-likeness (QED) is 0.400. The number of hydrogen-bond donors (Lipinski definition) is 1. The molecule has 5 nitrogen and oxygen atoms in total. The van der Waals surface area contributed by atoms with Crippen LogP contribution in [0.25, 0.3) is 22.3 Å².